The summed E-state index contributed by atoms with van der Waals surface area (Å²) in [7, 11) is 0. The molecule has 0 unspecified atom stereocenters. The van der Waals surface area contributed by atoms with Crippen LogP contribution in [0.1, 0.15) is 12.8 Å². The van der Waals surface area contributed by atoms with Gasteiger partial charge < -0.3 is 5.73 Å². The molecule has 0 aromatic carbocycles. The summed E-state index contributed by atoms with van der Waals surface area (Å²) in [6.07, 6.45) is 1.32. The van der Waals surface area contributed by atoms with Crippen molar-refractivity contribution in [2.75, 3.05) is 0 Å². The number of hydrogen-bond donors (Lipinski definition) is 2. The van der Waals surface area contributed by atoms with Crippen molar-refractivity contribution >= 4 is 11.9 Å². The second-order valence-corrected chi connectivity index (χ2v) is 2.70. The molecule has 5 N–H and O–H groups in total. The van der Waals surface area contributed by atoms with Crippen molar-refractivity contribution in [2.45, 2.75) is 12.8 Å². The number of hydrogen-bond acceptors (Lipinski definition) is 2. The Kier molecular flexibility index (Phi) is 3.07. The molecule has 0 heterocycles. The van der Waals surface area contributed by atoms with Gasteiger partial charge in [-0.2, -0.15) is 0 Å². The van der Waals surface area contributed by atoms with Gasteiger partial charge in [-0.25, -0.2) is 0 Å². The largest absolute Gasteiger partial charge is 0.326 e. The average molecular weight is 165 g/mol. The second-order valence-electron chi connectivity index (χ2n) is 2.06. The van der Waals surface area contributed by atoms with Crippen LogP contribution in [0.4, 0.5) is 0 Å². The second kappa shape index (κ2) is 4.10. The maximum absolute atomic E-state index is 5.38. The van der Waals surface area contributed by atoms with E-state index in [1.165, 1.54) is 0 Å². The van der Waals surface area contributed by atoms with Gasteiger partial charge in [0.1, 0.15) is 10.6 Å². The summed E-state index contributed by atoms with van der Waals surface area (Å²) in [5.74, 6) is 11.7. The summed E-state index contributed by atoms with van der Waals surface area (Å²) in [5, 5.41) is 5.38. The monoisotopic (exact) mass is 165 g/mol. The lowest BCUT2D eigenvalue weighted by molar-refractivity contribution is -0.304. The van der Waals surface area contributed by atoms with Gasteiger partial charge >= 0.3 is 0 Å². The first-order valence-corrected chi connectivity index (χ1v) is 4.09. The Morgan fingerprint density at radius 1 is 1.36 bits per heavy atom. The van der Waals surface area contributed by atoms with Gasteiger partial charge in [0.05, 0.1) is 12.8 Å². The quantitative estimate of drug-likeness (QED) is 0.419. The SMILES string of the molecule is NSC1=C([NH3+])CC#CCC#C1. The van der Waals surface area contributed by atoms with E-state index >= 15 is 0 Å². The zero-order valence-electron chi connectivity index (χ0n) is 6.11. The molecule has 2 nitrogen and oxygen atoms in total. The van der Waals surface area contributed by atoms with E-state index in [4.69, 9.17) is 5.14 Å². The summed E-state index contributed by atoms with van der Waals surface area (Å²) in [5.41, 5.74) is 4.75. The zero-order chi connectivity index (χ0) is 8.10. The number of quaternary nitrogens is 1. The molecule has 0 saturated carbocycles. The number of nitrogens with two attached hydrogens (primary N) is 1. The van der Waals surface area contributed by atoms with Gasteiger partial charge in [0.2, 0.25) is 0 Å². The van der Waals surface area contributed by atoms with Gasteiger partial charge in [-0.05, 0) is 11.9 Å². The minimum atomic E-state index is 0.636. The zero-order valence-corrected chi connectivity index (χ0v) is 6.92. The third-order valence-electron chi connectivity index (χ3n) is 1.24. The maximum atomic E-state index is 5.38. The van der Waals surface area contributed by atoms with Crippen molar-refractivity contribution in [1.29, 1.82) is 0 Å². The Hall–Kier alpha value is -0.870. The molecule has 56 valence electrons. The molecule has 0 fully saturated rings. The molecule has 0 radical (unpaired) electrons. The van der Waals surface area contributed by atoms with Crippen LogP contribution < -0.4 is 10.9 Å². The normalized spacial score (nSPS) is 15.5. The van der Waals surface area contributed by atoms with Crippen LogP contribution >= 0.6 is 11.9 Å². The highest BCUT2D eigenvalue weighted by Gasteiger charge is 2.02. The van der Waals surface area contributed by atoms with Crippen LogP contribution in [0.2, 0.25) is 0 Å². The topological polar surface area (TPSA) is 53.7 Å². The van der Waals surface area contributed by atoms with E-state index in [0.717, 1.165) is 22.6 Å². The summed E-state index contributed by atoms with van der Waals surface area (Å²) < 4.78 is 0. The van der Waals surface area contributed by atoms with Crippen molar-refractivity contribution in [2.24, 2.45) is 5.14 Å². The molecule has 0 spiro atoms. The van der Waals surface area contributed by atoms with E-state index in [9.17, 15) is 0 Å². The van der Waals surface area contributed by atoms with E-state index in [2.05, 4.69) is 29.4 Å². The average Bonchev–Trinajstić information content (AvgIpc) is 1.98. The van der Waals surface area contributed by atoms with E-state index < -0.39 is 0 Å². The van der Waals surface area contributed by atoms with Crippen molar-refractivity contribution < 1.29 is 5.73 Å². The molecule has 1 aliphatic rings. The lowest BCUT2D eigenvalue weighted by Gasteiger charge is -1.95. The van der Waals surface area contributed by atoms with Crippen LogP contribution in [-0.2, 0) is 0 Å². The summed E-state index contributed by atoms with van der Waals surface area (Å²) in [6.45, 7) is 0. The van der Waals surface area contributed by atoms with E-state index in [-0.39, 0.29) is 0 Å². The molecule has 0 atom stereocenters. The molecule has 11 heavy (non-hydrogen) atoms. The first-order valence-electron chi connectivity index (χ1n) is 3.21. The summed E-state index contributed by atoms with van der Waals surface area (Å²) >= 11 is 1.15. The Balaban J connectivity index is 2.92. The minimum Gasteiger partial charge on any atom is -0.326 e. The molecule has 0 bridgehead atoms. The molecule has 0 aromatic rings. The Labute approximate surface area is 70.5 Å². The van der Waals surface area contributed by atoms with Gasteiger partial charge in [0.15, 0.2) is 0 Å². The molecular weight excluding hydrogens is 156 g/mol. The first-order chi connectivity index (χ1) is 5.34. The third-order valence-corrected chi connectivity index (χ3v) is 1.87. The predicted octanol–water partition coefficient (Wildman–Crippen LogP) is -0.153. The highest BCUT2D eigenvalue weighted by atomic mass is 32.2. The lowest BCUT2D eigenvalue weighted by atomic mass is 10.2. The lowest BCUT2D eigenvalue weighted by Crippen LogP contribution is -2.48. The summed E-state index contributed by atoms with van der Waals surface area (Å²) in [4.78, 5) is 0.860. The van der Waals surface area contributed by atoms with Crippen LogP contribution in [0, 0.1) is 23.7 Å². The molecule has 1 rings (SSSR count). The van der Waals surface area contributed by atoms with Gasteiger partial charge in [-0.1, -0.05) is 23.7 Å². The smallest absolute Gasteiger partial charge is 0.139 e. The van der Waals surface area contributed by atoms with Crippen molar-refractivity contribution in [3.8, 4) is 23.7 Å². The summed E-state index contributed by atoms with van der Waals surface area (Å²) in [6, 6.07) is 0. The fourth-order valence-corrected chi connectivity index (χ4v) is 1.05. The highest BCUT2D eigenvalue weighted by molar-refractivity contribution is 8.01. The first kappa shape index (κ1) is 8.23. The van der Waals surface area contributed by atoms with Gasteiger partial charge in [0.25, 0.3) is 0 Å². The van der Waals surface area contributed by atoms with E-state index in [1.807, 2.05) is 0 Å². The molecule has 0 aromatic heterocycles. The molecule has 0 aliphatic heterocycles. The van der Waals surface area contributed by atoms with Crippen molar-refractivity contribution in [3.63, 3.8) is 0 Å². The molecule has 0 saturated heterocycles. The molecular formula is C8H9N2S+. The molecule has 1 aliphatic carbocycles. The standard InChI is InChI=1S/C8H8N2S/c9-7-5-3-1-2-4-6-8(7)11-10/h2,5,9-10H2/p+1. The van der Waals surface area contributed by atoms with Crippen LogP contribution in [0.25, 0.3) is 0 Å². The Morgan fingerprint density at radius 3 is 2.91 bits per heavy atom. The van der Waals surface area contributed by atoms with Crippen molar-refractivity contribution in [1.82, 2.24) is 0 Å². The molecule has 0 amide bonds. The van der Waals surface area contributed by atoms with Gasteiger partial charge in [-0.3, -0.25) is 5.14 Å². The van der Waals surface area contributed by atoms with Crippen LogP contribution in [0.5, 0.6) is 0 Å². The minimum absolute atomic E-state index is 0.636. The number of rotatable bonds is 1. The fraction of sp³-hybridized carbons (Fsp3) is 0.250. The van der Waals surface area contributed by atoms with Gasteiger partial charge in [-0.15, -0.1) is 0 Å². The van der Waals surface area contributed by atoms with E-state index in [1.54, 1.807) is 0 Å². The fourth-order valence-electron chi connectivity index (χ4n) is 0.682. The van der Waals surface area contributed by atoms with Crippen molar-refractivity contribution in [3.05, 3.63) is 10.6 Å². The number of allylic oxidation sites excluding steroid dienone is 2. The van der Waals surface area contributed by atoms with Crippen LogP contribution in [0.3, 0.4) is 0 Å². The van der Waals surface area contributed by atoms with Crippen LogP contribution in [0.15, 0.2) is 10.6 Å². The van der Waals surface area contributed by atoms with E-state index in [0.29, 0.717) is 12.8 Å². The highest BCUT2D eigenvalue weighted by Crippen LogP contribution is 2.11. The predicted molar refractivity (Wildman–Crippen MR) is 46.5 cm³/mol. The van der Waals surface area contributed by atoms with Crippen LogP contribution in [-0.4, -0.2) is 0 Å². The third kappa shape index (κ3) is 2.32. The maximum Gasteiger partial charge on any atom is 0.139 e. The molecule has 3 heteroatoms. The Morgan fingerprint density at radius 2 is 2.18 bits per heavy atom. The Bertz CT molecular complexity index is 296. The van der Waals surface area contributed by atoms with Gasteiger partial charge in [0, 0.05) is 0 Å².